The first kappa shape index (κ1) is 25.0. The number of carboxylic acids is 2. The summed E-state index contributed by atoms with van der Waals surface area (Å²) in [4.78, 5) is 49.6. The highest BCUT2D eigenvalue weighted by Gasteiger charge is 2.38. The van der Waals surface area contributed by atoms with Crippen molar-refractivity contribution in [1.82, 2.24) is 9.80 Å². The van der Waals surface area contributed by atoms with Crippen LogP contribution in [0.4, 0.5) is 0 Å². The van der Waals surface area contributed by atoms with Gasteiger partial charge in [-0.3, -0.25) is 9.59 Å². The number of rotatable bonds is 6. The van der Waals surface area contributed by atoms with E-state index < -0.39 is 24.0 Å². The Labute approximate surface area is 198 Å². The molecular formula is C26H30N2O6. The van der Waals surface area contributed by atoms with Crippen LogP contribution in [0.2, 0.25) is 0 Å². The third-order valence-electron chi connectivity index (χ3n) is 6.14. The molecule has 2 atom stereocenters. The van der Waals surface area contributed by atoms with Crippen molar-refractivity contribution in [2.24, 2.45) is 11.8 Å². The van der Waals surface area contributed by atoms with Gasteiger partial charge in [-0.15, -0.1) is 0 Å². The SMILES string of the molecule is CC(C)[C@@H](C(=O)O)N1Cc2ccccc2C1=O.CC(C)[C@@H](C(=O)O)N1Cc2ccccc2C1=O. The normalized spacial score (nSPS) is 16.2. The van der Waals surface area contributed by atoms with Gasteiger partial charge in [0.15, 0.2) is 0 Å². The Balaban J connectivity index is 0.000000191. The van der Waals surface area contributed by atoms with E-state index in [0.717, 1.165) is 11.1 Å². The maximum absolute atomic E-state index is 12.1. The minimum atomic E-state index is -0.943. The van der Waals surface area contributed by atoms with Crippen LogP contribution in [0.5, 0.6) is 0 Å². The van der Waals surface area contributed by atoms with Crippen LogP contribution >= 0.6 is 0 Å². The van der Waals surface area contributed by atoms with E-state index >= 15 is 0 Å². The van der Waals surface area contributed by atoms with Crippen molar-refractivity contribution in [2.45, 2.75) is 52.9 Å². The lowest BCUT2D eigenvalue weighted by molar-refractivity contribution is -0.144. The van der Waals surface area contributed by atoms with Gasteiger partial charge in [0, 0.05) is 24.2 Å². The number of fused-ring (bicyclic) bond motifs is 2. The molecule has 0 radical (unpaired) electrons. The van der Waals surface area contributed by atoms with Crippen molar-refractivity contribution >= 4 is 23.8 Å². The molecule has 0 saturated carbocycles. The van der Waals surface area contributed by atoms with Crippen LogP contribution in [0.3, 0.4) is 0 Å². The second-order valence-electron chi connectivity index (χ2n) is 9.23. The van der Waals surface area contributed by atoms with Crippen LogP contribution < -0.4 is 0 Å². The summed E-state index contributed by atoms with van der Waals surface area (Å²) in [5.41, 5.74) is 3.06. The van der Waals surface area contributed by atoms with E-state index in [1.165, 1.54) is 9.80 Å². The Morgan fingerprint density at radius 3 is 1.26 bits per heavy atom. The first-order valence-corrected chi connectivity index (χ1v) is 11.3. The second kappa shape index (κ2) is 10.1. The van der Waals surface area contributed by atoms with Gasteiger partial charge in [0.25, 0.3) is 11.8 Å². The second-order valence-corrected chi connectivity index (χ2v) is 9.23. The molecule has 0 saturated heterocycles. The smallest absolute Gasteiger partial charge is 0.326 e. The predicted molar refractivity (Wildman–Crippen MR) is 125 cm³/mol. The van der Waals surface area contributed by atoms with Crippen molar-refractivity contribution in [3.8, 4) is 0 Å². The number of nitrogens with zero attached hydrogens (tertiary/aromatic N) is 2. The molecule has 0 fully saturated rings. The number of carboxylic acid groups (broad SMARTS) is 2. The van der Waals surface area contributed by atoms with Gasteiger partial charge in [0.1, 0.15) is 12.1 Å². The minimum Gasteiger partial charge on any atom is -0.480 e. The Hall–Kier alpha value is -3.68. The highest BCUT2D eigenvalue weighted by Crippen LogP contribution is 2.28. The lowest BCUT2D eigenvalue weighted by Gasteiger charge is -2.27. The zero-order valence-corrected chi connectivity index (χ0v) is 19.8. The number of amides is 2. The van der Waals surface area contributed by atoms with Crippen LogP contribution in [0.15, 0.2) is 48.5 Å². The summed E-state index contributed by atoms with van der Waals surface area (Å²) in [6.45, 7) is 8.04. The Morgan fingerprint density at radius 2 is 1.00 bits per heavy atom. The fraction of sp³-hybridized carbons (Fsp3) is 0.385. The molecule has 180 valence electrons. The molecule has 2 aromatic rings. The molecule has 2 aliphatic heterocycles. The minimum absolute atomic E-state index is 0.106. The van der Waals surface area contributed by atoms with Gasteiger partial charge < -0.3 is 20.0 Å². The average molecular weight is 467 g/mol. The van der Waals surface area contributed by atoms with E-state index in [0.29, 0.717) is 24.2 Å². The van der Waals surface area contributed by atoms with E-state index in [-0.39, 0.29) is 23.7 Å². The molecule has 2 N–H and O–H groups in total. The van der Waals surface area contributed by atoms with Crippen LogP contribution in [-0.2, 0) is 22.7 Å². The monoisotopic (exact) mass is 466 g/mol. The molecule has 2 aliphatic rings. The highest BCUT2D eigenvalue weighted by atomic mass is 16.4. The zero-order chi connectivity index (χ0) is 25.2. The third-order valence-corrected chi connectivity index (χ3v) is 6.14. The number of benzene rings is 2. The molecule has 2 aromatic carbocycles. The van der Waals surface area contributed by atoms with Crippen LogP contribution in [0.25, 0.3) is 0 Å². The maximum atomic E-state index is 12.1. The number of carbonyl (C=O) groups excluding carboxylic acids is 2. The summed E-state index contributed by atoms with van der Waals surface area (Å²) in [5, 5.41) is 18.4. The molecule has 0 spiro atoms. The van der Waals surface area contributed by atoms with Crippen LogP contribution in [0.1, 0.15) is 59.5 Å². The molecule has 0 bridgehead atoms. The lowest BCUT2D eigenvalue weighted by atomic mass is 10.0. The summed E-state index contributed by atoms with van der Waals surface area (Å²) < 4.78 is 0. The van der Waals surface area contributed by atoms with Gasteiger partial charge >= 0.3 is 11.9 Å². The summed E-state index contributed by atoms with van der Waals surface area (Å²) in [6, 6.07) is 13.0. The molecule has 4 rings (SSSR count). The Bertz CT molecular complexity index is 1020. The fourth-order valence-electron chi connectivity index (χ4n) is 4.56. The fourth-order valence-corrected chi connectivity index (χ4v) is 4.56. The van der Waals surface area contributed by atoms with Crippen molar-refractivity contribution in [3.05, 3.63) is 70.8 Å². The third kappa shape index (κ3) is 4.81. The predicted octanol–water partition coefficient (Wildman–Crippen LogP) is 3.50. The lowest BCUT2D eigenvalue weighted by Crippen LogP contribution is -2.44. The summed E-state index contributed by atoms with van der Waals surface area (Å²) in [7, 11) is 0. The van der Waals surface area contributed by atoms with E-state index in [1.807, 2.05) is 52.0 Å². The first-order chi connectivity index (χ1) is 16.0. The summed E-state index contributed by atoms with van der Waals surface area (Å²) in [6.07, 6.45) is 0. The molecule has 0 aromatic heterocycles. The molecule has 34 heavy (non-hydrogen) atoms. The van der Waals surface area contributed by atoms with Crippen LogP contribution in [-0.4, -0.2) is 55.8 Å². The largest absolute Gasteiger partial charge is 0.480 e. The molecule has 8 heteroatoms. The van der Waals surface area contributed by atoms with Gasteiger partial charge in [-0.2, -0.15) is 0 Å². The van der Waals surface area contributed by atoms with Gasteiger partial charge in [0.2, 0.25) is 0 Å². The number of aliphatic carboxylic acids is 2. The summed E-state index contributed by atoms with van der Waals surface area (Å²) in [5.74, 6) is -2.46. The Morgan fingerprint density at radius 1 is 0.676 bits per heavy atom. The zero-order valence-electron chi connectivity index (χ0n) is 19.8. The van der Waals surface area contributed by atoms with E-state index in [4.69, 9.17) is 0 Å². The molecule has 0 aliphatic carbocycles. The van der Waals surface area contributed by atoms with Gasteiger partial charge in [0.05, 0.1) is 0 Å². The molecular weight excluding hydrogens is 436 g/mol. The van der Waals surface area contributed by atoms with Gasteiger partial charge in [-0.05, 0) is 35.1 Å². The highest BCUT2D eigenvalue weighted by molar-refractivity contribution is 6.01. The van der Waals surface area contributed by atoms with E-state index in [9.17, 15) is 29.4 Å². The molecule has 2 amide bonds. The Kier molecular flexibility index (Phi) is 7.39. The first-order valence-electron chi connectivity index (χ1n) is 11.3. The number of hydrogen-bond donors (Lipinski definition) is 2. The summed E-state index contributed by atoms with van der Waals surface area (Å²) >= 11 is 0. The number of hydrogen-bond acceptors (Lipinski definition) is 4. The number of carbonyl (C=O) groups is 4. The standard InChI is InChI=1S/2C13H15NO3/c2*1-8(2)11(13(16)17)14-7-9-5-3-4-6-10(9)12(14)15/h2*3-6,8,11H,7H2,1-2H3,(H,16,17)/t2*11-/m00/s1. The van der Waals surface area contributed by atoms with E-state index in [1.54, 1.807) is 24.3 Å². The van der Waals surface area contributed by atoms with Gasteiger partial charge in [-0.1, -0.05) is 64.1 Å². The average Bonchev–Trinajstić information content (AvgIpc) is 3.26. The van der Waals surface area contributed by atoms with Crippen molar-refractivity contribution < 1.29 is 29.4 Å². The van der Waals surface area contributed by atoms with Gasteiger partial charge in [-0.25, -0.2) is 9.59 Å². The van der Waals surface area contributed by atoms with Crippen molar-refractivity contribution in [3.63, 3.8) is 0 Å². The van der Waals surface area contributed by atoms with E-state index in [2.05, 4.69) is 0 Å². The van der Waals surface area contributed by atoms with Crippen LogP contribution in [0, 0.1) is 11.8 Å². The maximum Gasteiger partial charge on any atom is 0.326 e. The molecule has 8 nitrogen and oxygen atoms in total. The topological polar surface area (TPSA) is 115 Å². The van der Waals surface area contributed by atoms with Crippen molar-refractivity contribution in [1.29, 1.82) is 0 Å². The quantitative estimate of drug-likeness (QED) is 0.673. The molecule has 2 heterocycles. The van der Waals surface area contributed by atoms with Crippen molar-refractivity contribution in [2.75, 3.05) is 0 Å². The molecule has 0 unspecified atom stereocenters.